The van der Waals surface area contributed by atoms with Crippen LogP contribution in [0.15, 0.2) is 105 Å². The van der Waals surface area contributed by atoms with Crippen molar-refractivity contribution in [2.24, 2.45) is 5.10 Å². The smallest absolute Gasteiger partial charge is 0.307 e. The molecular formula is C33H30BrN3O4. The van der Waals surface area contributed by atoms with Crippen molar-refractivity contribution in [2.75, 3.05) is 0 Å². The summed E-state index contributed by atoms with van der Waals surface area (Å²) < 4.78 is 20.4. The summed E-state index contributed by atoms with van der Waals surface area (Å²) in [6, 6.07) is 29.2. The Bertz CT molecular complexity index is 1650. The first-order valence-corrected chi connectivity index (χ1v) is 13.9. The number of carbonyl (C=O) groups excluding carboxylic acids is 1. The van der Waals surface area contributed by atoms with Crippen LogP contribution >= 0.6 is 15.9 Å². The molecule has 5 aromatic rings. The Hall–Kier alpha value is -4.56. The summed E-state index contributed by atoms with van der Waals surface area (Å²) in [5, 5.41) is 4.06. The number of hydrogen-bond acceptors (Lipinski definition) is 5. The maximum absolute atomic E-state index is 12.5. The fourth-order valence-corrected chi connectivity index (χ4v) is 4.79. The monoisotopic (exact) mass is 611 g/mol. The van der Waals surface area contributed by atoms with E-state index in [0.717, 1.165) is 27.0 Å². The number of ether oxygens (including phenoxy) is 2. The fourth-order valence-electron chi connectivity index (χ4n) is 4.28. The Balaban J connectivity index is 1.10. The topological polar surface area (TPSA) is 78.0 Å². The molecule has 0 saturated carbocycles. The second-order valence-electron chi connectivity index (χ2n) is 9.66. The van der Waals surface area contributed by atoms with Crippen molar-refractivity contribution in [3.63, 3.8) is 0 Å². The van der Waals surface area contributed by atoms with E-state index in [0.29, 0.717) is 18.1 Å². The number of carbonyl (C=O) groups is 1. The highest BCUT2D eigenvalue weighted by Crippen LogP contribution is 2.26. The van der Waals surface area contributed by atoms with Gasteiger partial charge < -0.3 is 18.5 Å². The highest BCUT2D eigenvalue weighted by atomic mass is 79.9. The second-order valence-corrected chi connectivity index (χ2v) is 10.5. The molecule has 1 N–H and O–H groups in total. The van der Waals surface area contributed by atoms with Gasteiger partial charge >= 0.3 is 5.91 Å². The van der Waals surface area contributed by atoms with Gasteiger partial charge in [0.25, 0.3) is 0 Å². The Labute approximate surface area is 247 Å². The fraction of sp³-hybridized carbons (Fsp3) is 0.152. The molecule has 41 heavy (non-hydrogen) atoms. The number of halogens is 1. The summed E-state index contributed by atoms with van der Waals surface area (Å²) >= 11 is 3.54. The normalized spacial score (nSPS) is 11.1. The van der Waals surface area contributed by atoms with E-state index in [1.807, 2.05) is 54.6 Å². The van der Waals surface area contributed by atoms with Crippen molar-refractivity contribution < 1.29 is 18.7 Å². The zero-order valence-electron chi connectivity index (χ0n) is 23.1. The number of aromatic nitrogens is 1. The van der Waals surface area contributed by atoms with Gasteiger partial charge in [-0.15, -0.1) is 0 Å². The molecule has 0 aliphatic heterocycles. The van der Waals surface area contributed by atoms with Crippen LogP contribution in [0.3, 0.4) is 0 Å². The second kappa shape index (κ2) is 12.7. The summed E-state index contributed by atoms with van der Waals surface area (Å²) in [6.07, 6.45) is 1.56. The van der Waals surface area contributed by atoms with E-state index in [9.17, 15) is 4.79 Å². The zero-order chi connectivity index (χ0) is 28.8. The lowest BCUT2D eigenvalue weighted by molar-refractivity contribution is 0.0923. The highest BCUT2D eigenvalue weighted by molar-refractivity contribution is 9.10. The molecule has 0 bridgehead atoms. The summed E-state index contributed by atoms with van der Waals surface area (Å²) in [6.45, 7) is 6.88. The quantitative estimate of drug-likeness (QED) is 0.130. The van der Waals surface area contributed by atoms with Crippen LogP contribution in [0.2, 0.25) is 0 Å². The van der Waals surface area contributed by atoms with Gasteiger partial charge in [0.1, 0.15) is 30.5 Å². The van der Waals surface area contributed by atoms with Crippen LogP contribution < -0.4 is 14.9 Å². The summed E-state index contributed by atoms with van der Waals surface area (Å²) in [5.41, 5.74) is 9.01. The summed E-state index contributed by atoms with van der Waals surface area (Å²) in [7, 11) is 0. The number of rotatable bonds is 10. The predicted octanol–water partition coefficient (Wildman–Crippen LogP) is 7.68. The van der Waals surface area contributed by atoms with Gasteiger partial charge in [-0.1, -0.05) is 29.8 Å². The first kappa shape index (κ1) is 28.0. The lowest BCUT2D eigenvalue weighted by Gasteiger charge is -2.10. The van der Waals surface area contributed by atoms with Crippen molar-refractivity contribution in [1.29, 1.82) is 0 Å². The van der Waals surface area contributed by atoms with E-state index in [1.165, 1.54) is 17.0 Å². The number of hydrogen-bond donors (Lipinski definition) is 1. The first-order valence-electron chi connectivity index (χ1n) is 13.1. The van der Waals surface area contributed by atoms with Crippen LogP contribution in [0.5, 0.6) is 11.5 Å². The largest absolute Gasteiger partial charge is 0.488 e. The molecule has 5 rings (SSSR count). The third kappa shape index (κ3) is 7.15. The lowest BCUT2D eigenvalue weighted by atomic mass is 10.2. The molecule has 0 radical (unpaired) electrons. The number of amides is 1. The molecule has 0 aliphatic rings. The SMILES string of the molecule is Cc1ccc(COc2ccc(/C=N/NC(=O)c3ccc(COc4ccc(-n5c(C)ccc5C)cc4)o3)cc2Br)cc1. The van der Waals surface area contributed by atoms with E-state index >= 15 is 0 Å². The molecule has 2 aromatic heterocycles. The van der Waals surface area contributed by atoms with Crippen molar-refractivity contribution in [3.05, 3.63) is 135 Å². The number of nitrogens with zero attached hydrogens (tertiary/aromatic N) is 2. The van der Waals surface area contributed by atoms with Crippen LogP contribution in [0.4, 0.5) is 0 Å². The predicted molar refractivity (Wildman–Crippen MR) is 163 cm³/mol. The molecule has 1 amide bonds. The van der Waals surface area contributed by atoms with Gasteiger partial charge in [0, 0.05) is 17.1 Å². The maximum atomic E-state index is 12.5. The molecule has 0 unspecified atom stereocenters. The summed E-state index contributed by atoms with van der Waals surface area (Å²) in [4.78, 5) is 12.5. The van der Waals surface area contributed by atoms with Gasteiger partial charge in [-0.2, -0.15) is 5.10 Å². The van der Waals surface area contributed by atoms with E-state index in [4.69, 9.17) is 13.9 Å². The van der Waals surface area contributed by atoms with Crippen molar-refractivity contribution in [3.8, 4) is 17.2 Å². The molecule has 0 atom stereocenters. The minimum Gasteiger partial charge on any atom is -0.488 e. The molecule has 0 aliphatic carbocycles. The van der Waals surface area contributed by atoms with Crippen molar-refractivity contribution in [2.45, 2.75) is 34.0 Å². The molecule has 0 spiro atoms. The highest BCUT2D eigenvalue weighted by Gasteiger charge is 2.11. The van der Waals surface area contributed by atoms with Gasteiger partial charge in [-0.3, -0.25) is 4.79 Å². The van der Waals surface area contributed by atoms with E-state index in [1.54, 1.807) is 18.3 Å². The molecule has 0 fully saturated rings. The van der Waals surface area contributed by atoms with Gasteiger partial charge in [-0.25, -0.2) is 5.43 Å². The molecule has 2 heterocycles. The lowest BCUT2D eigenvalue weighted by Crippen LogP contribution is -2.16. The average molecular weight is 613 g/mol. The molecule has 208 valence electrons. The Morgan fingerprint density at radius 2 is 1.61 bits per heavy atom. The Morgan fingerprint density at radius 3 is 2.32 bits per heavy atom. The third-order valence-electron chi connectivity index (χ3n) is 6.48. The zero-order valence-corrected chi connectivity index (χ0v) is 24.6. The Morgan fingerprint density at radius 1 is 0.878 bits per heavy atom. The number of aryl methyl sites for hydroxylation is 3. The van der Waals surface area contributed by atoms with Gasteiger partial charge in [0.2, 0.25) is 0 Å². The van der Waals surface area contributed by atoms with Gasteiger partial charge in [0.15, 0.2) is 5.76 Å². The number of furan rings is 1. The van der Waals surface area contributed by atoms with E-state index in [-0.39, 0.29) is 12.4 Å². The number of benzene rings is 3. The van der Waals surface area contributed by atoms with Gasteiger partial charge in [-0.05, 0) is 115 Å². The van der Waals surface area contributed by atoms with Crippen molar-refractivity contribution >= 4 is 28.1 Å². The van der Waals surface area contributed by atoms with Crippen LogP contribution in [0.1, 0.15) is 44.4 Å². The van der Waals surface area contributed by atoms with Gasteiger partial charge in [0.05, 0.1) is 10.7 Å². The third-order valence-corrected chi connectivity index (χ3v) is 7.10. The molecule has 8 heteroatoms. The minimum absolute atomic E-state index is 0.149. The van der Waals surface area contributed by atoms with Crippen LogP contribution in [0.25, 0.3) is 5.69 Å². The standard InChI is InChI=1S/C33H30BrN3O4/c1-22-4-8-25(9-5-22)20-40-31-16-10-26(18-30(31)34)19-35-36-33(38)32-17-15-29(41-32)21-39-28-13-11-27(12-14-28)37-23(2)6-7-24(37)3/h4-19H,20-21H2,1-3H3,(H,36,38)/b35-19+. The average Bonchev–Trinajstić information content (AvgIpc) is 3.58. The molecule has 7 nitrogen and oxygen atoms in total. The summed E-state index contributed by atoms with van der Waals surface area (Å²) in [5.74, 6) is 1.66. The van der Waals surface area contributed by atoms with E-state index in [2.05, 4.69) is 76.1 Å². The van der Waals surface area contributed by atoms with Crippen LogP contribution in [0, 0.1) is 20.8 Å². The maximum Gasteiger partial charge on any atom is 0.307 e. The Kier molecular flexibility index (Phi) is 8.70. The molecule has 0 saturated heterocycles. The molecular weight excluding hydrogens is 582 g/mol. The number of nitrogens with one attached hydrogen (secondary N) is 1. The van der Waals surface area contributed by atoms with Crippen LogP contribution in [-0.2, 0) is 13.2 Å². The van der Waals surface area contributed by atoms with E-state index < -0.39 is 5.91 Å². The first-order chi connectivity index (χ1) is 19.9. The molecule has 3 aromatic carbocycles. The minimum atomic E-state index is -0.452. The number of hydrazone groups is 1. The van der Waals surface area contributed by atoms with Crippen LogP contribution in [-0.4, -0.2) is 16.7 Å². The van der Waals surface area contributed by atoms with Crippen molar-refractivity contribution in [1.82, 2.24) is 9.99 Å².